The van der Waals surface area contributed by atoms with E-state index in [1.54, 1.807) is 6.20 Å². The molecule has 0 spiro atoms. The number of nitrogens with one attached hydrogen (secondary N) is 1. The molecule has 1 N–H and O–H groups in total. The molecule has 2 aromatic rings. The Morgan fingerprint density at radius 2 is 1.80 bits per heavy atom. The summed E-state index contributed by atoms with van der Waals surface area (Å²) in [6, 6.07) is 15.5. The summed E-state index contributed by atoms with van der Waals surface area (Å²) in [5.41, 5.74) is 1.90. The van der Waals surface area contributed by atoms with Crippen LogP contribution in [-0.2, 0) is 4.79 Å². The molecule has 20 heavy (non-hydrogen) atoms. The zero-order valence-electron chi connectivity index (χ0n) is 11.9. The Hall–Kier alpha value is -2.16. The second-order valence-corrected chi connectivity index (χ2v) is 5.26. The fraction of sp³-hybridized carbons (Fsp3) is 0.294. The molecule has 0 bridgehead atoms. The summed E-state index contributed by atoms with van der Waals surface area (Å²) in [4.78, 5) is 16.4. The van der Waals surface area contributed by atoms with E-state index in [9.17, 15) is 4.79 Å². The van der Waals surface area contributed by atoms with Crippen LogP contribution in [0.25, 0.3) is 0 Å². The molecule has 1 aromatic heterocycles. The maximum Gasteiger partial charge on any atom is 0.221 e. The molecule has 2 rings (SSSR count). The molecule has 0 aliphatic heterocycles. The molecule has 0 aliphatic carbocycles. The van der Waals surface area contributed by atoms with Gasteiger partial charge in [0.1, 0.15) is 0 Å². The molecule has 0 saturated heterocycles. The van der Waals surface area contributed by atoms with Crippen molar-refractivity contribution in [3.05, 3.63) is 66.0 Å². The first-order valence-electron chi connectivity index (χ1n) is 6.92. The fourth-order valence-corrected chi connectivity index (χ4v) is 2.11. The third-order valence-corrected chi connectivity index (χ3v) is 3.02. The van der Waals surface area contributed by atoms with Crippen LogP contribution in [0.4, 0.5) is 0 Å². The number of nitrogens with zero attached hydrogens (tertiary/aromatic N) is 1. The Morgan fingerprint density at radius 3 is 2.40 bits per heavy atom. The molecule has 104 valence electrons. The van der Waals surface area contributed by atoms with E-state index in [0.717, 1.165) is 11.3 Å². The van der Waals surface area contributed by atoms with Crippen molar-refractivity contribution >= 4 is 5.91 Å². The van der Waals surface area contributed by atoms with E-state index in [1.807, 2.05) is 62.4 Å². The van der Waals surface area contributed by atoms with Gasteiger partial charge in [-0.15, -0.1) is 0 Å². The fourth-order valence-electron chi connectivity index (χ4n) is 2.11. The first-order chi connectivity index (χ1) is 9.66. The van der Waals surface area contributed by atoms with Crippen LogP contribution < -0.4 is 5.32 Å². The maximum atomic E-state index is 12.1. The van der Waals surface area contributed by atoms with Crippen LogP contribution >= 0.6 is 0 Å². The van der Waals surface area contributed by atoms with Crippen LogP contribution in [0, 0.1) is 5.92 Å². The average Bonchev–Trinajstić information content (AvgIpc) is 2.46. The van der Waals surface area contributed by atoms with E-state index in [0.29, 0.717) is 12.3 Å². The average molecular weight is 268 g/mol. The van der Waals surface area contributed by atoms with Crippen LogP contribution in [0.2, 0.25) is 0 Å². The Kier molecular flexibility index (Phi) is 4.88. The number of rotatable bonds is 5. The van der Waals surface area contributed by atoms with Crippen molar-refractivity contribution in [2.75, 3.05) is 0 Å². The van der Waals surface area contributed by atoms with Gasteiger partial charge in [-0.25, -0.2) is 0 Å². The Bertz CT molecular complexity index is 498. The van der Waals surface area contributed by atoms with Gasteiger partial charge in [0.2, 0.25) is 5.91 Å². The molecule has 1 atom stereocenters. The molecular weight excluding hydrogens is 248 g/mol. The van der Waals surface area contributed by atoms with Gasteiger partial charge in [-0.3, -0.25) is 9.78 Å². The van der Waals surface area contributed by atoms with Crippen molar-refractivity contribution in [3.63, 3.8) is 0 Å². The number of benzene rings is 1. The zero-order valence-corrected chi connectivity index (χ0v) is 11.9. The highest BCUT2D eigenvalue weighted by atomic mass is 16.1. The molecule has 3 nitrogen and oxygen atoms in total. The number of pyridine rings is 1. The van der Waals surface area contributed by atoms with Gasteiger partial charge in [0, 0.05) is 12.6 Å². The largest absolute Gasteiger partial charge is 0.344 e. The van der Waals surface area contributed by atoms with Crippen molar-refractivity contribution in [1.82, 2.24) is 10.3 Å². The smallest absolute Gasteiger partial charge is 0.221 e. The Balaban J connectivity index is 2.24. The summed E-state index contributed by atoms with van der Waals surface area (Å²) < 4.78 is 0. The predicted molar refractivity (Wildman–Crippen MR) is 80.1 cm³/mol. The van der Waals surface area contributed by atoms with Gasteiger partial charge in [-0.2, -0.15) is 0 Å². The minimum atomic E-state index is -0.191. The van der Waals surface area contributed by atoms with Gasteiger partial charge < -0.3 is 5.32 Å². The van der Waals surface area contributed by atoms with E-state index in [-0.39, 0.29) is 11.9 Å². The van der Waals surface area contributed by atoms with Crippen molar-refractivity contribution < 1.29 is 4.79 Å². The summed E-state index contributed by atoms with van der Waals surface area (Å²) in [5, 5.41) is 3.08. The maximum absolute atomic E-state index is 12.1. The van der Waals surface area contributed by atoms with Crippen LogP contribution in [0.1, 0.15) is 37.6 Å². The molecule has 1 heterocycles. The van der Waals surface area contributed by atoms with E-state index in [2.05, 4.69) is 10.3 Å². The lowest BCUT2D eigenvalue weighted by Crippen LogP contribution is -2.30. The summed E-state index contributed by atoms with van der Waals surface area (Å²) in [5.74, 6) is 0.398. The van der Waals surface area contributed by atoms with Gasteiger partial charge >= 0.3 is 0 Å². The highest BCUT2D eigenvalue weighted by molar-refractivity contribution is 5.77. The van der Waals surface area contributed by atoms with E-state index >= 15 is 0 Å². The lowest BCUT2D eigenvalue weighted by molar-refractivity contribution is -0.122. The minimum absolute atomic E-state index is 0.0551. The highest BCUT2D eigenvalue weighted by Crippen LogP contribution is 2.20. The molecule has 1 aromatic carbocycles. The van der Waals surface area contributed by atoms with Crippen molar-refractivity contribution in [1.29, 1.82) is 0 Å². The van der Waals surface area contributed by atoms with E-state index in [1.165, 1.54) is 0 Å². The zero-order chi connectivity index (χ0) is 14.4. The van der Waals surface area contributed by atoms with Crippen LogP contribution in [0.15, 0.2) is 54.7 Å². The van der Waals surface area contributed by atoms with Crippen LogP contribution in [0.3, 0.4) is 0 Å². The van der Waals surface area contributed by atoms with Crippen molar-refractivity contribution in [3.8, 4) is 0 Å². The number of carbonyl (C=O) groups excluding carboxylic acids is 1. The normalized spacial score (nSPS) is 12.2. The topological polar surface area (TPSA) is 42.0 Å². The standard InChI is InChI=1S/C17H20N2O/c1-13(2)12-16(20)19-17(14-8-4-3-5-9-14)15-10-6-7-11-18-15/h3-11,13,17H,12H2,1-2H3,(H,19,20)/t17-/m1/s1. The SMILES string of the molecule is CC(C)CC(=O)N[C@H](c1ccccc1)c1ccccn1. The second kappa shape index (κ2) is 6.85. The van der Waals surface area contributed by atoms with Crippen molar-refractivity contribution in [2.45, 2.75) is 26.3 Å². The van der Waals surface area contributed by atoms with Gasteiger partial charge in [0.05, 0.1) is 11.7 Å². The van der Waals surface area contributed by atoms with Gasteiger partial charge in [-0.05, 0) is 23.6 Å². The lowest BCUT2D eigenvalue weighted by atomic mass is 10.0. The minimum Gasteiger partial charge on any atom is -0.344 e. The second-order valence-electron chi connectivity index (χ2n) is 5.26. The molecule has 0 saturated carbocycles. The third-order valence-electron chi connectivity index (χ3n) is 3.02. The predicted octanol–water partition coefficient (Wildman–Crippen LogP) is 3.33. The summed E-state index contributed by atoms with van der Waals surface area (Å²) in [6.07, 6.45) is 2.27. The first-order valence-corrected chi connectivity index (χ1v) is 6.92. The quantitative estimate of drug-likeness (QED) is 0.903. The van der Waals surface area contributed by atoms with E-state index in [4.69, 9.17) is 0 Å². The number of hydrogen-bond donors (Lipinski definition) is 1. The summed E-state index contributed by atoms with van der Waals surface area (Å²) in [6.45, 7) is 4.08. The molecule has 1 amide bonds. The van der Waals surface area contributed by atoms with Gasteiger partial charge in [0.25, 0.3) is 0 Å². The van der Waals surface area contributed by atoms with Crippen LogP contribution in [-0.4, -0.2) is 10.9 Å². The van der Waals surface area contributed by atoms with E-state index < -0.39 is 0 Å². The molecule has 0 aliphatic rings. The third kappa shape index (κ3) is 3.92. The summed E-state index contributed by atoms with van der Waals surface area (Å²) >= 11 is 0. The van der Waals surface area contributed by atoms with Gasteiger partial charge in [-0.1, -0.05) is 50.2 Å². The highest BCUT2D eigenvalue weighted by Gasteiger charge is 2.18. The lowest BCUT2D eigenvalue weighted by Gasteiger charge is -2.19. The Morgan fingerprint density at radius 1 is 1.10 bits per heavy atom. The first kappa shape index (κ1) is 14.3. The summed E-state index contributed by atoms with van der Waals surface area (Å²) in [7, 11) is 0. The number of amides is 1. The molecule has 0 unspecified atom stereocenters. The monoisotopic (exact) mass is 268 g/mol. The Labute approximate surface area is 120 Å². The van der Waals surface area contributed by atoms with Gasteiger partial charge in [0.15, 0.2) is 0 Å². The molecule has 3 heteroatoms. The number of hydrogen-bond acceptors (Lipinski definition) is 2. The van der Waals surface area contributed by atoms with Crippen molar-refractivity contribution in [2.24, 2.45) is 5.92 Å². The molecule has 0 radical (unpaired) electrons. The molecule has 0 fully saturated rings. The number of carbonyl (C=O) groups is 1. The van der Waals surface area contributed by atoms with Crippen LogP contribution in [0.5, 0.6) is 0 Å². The molecular formula is C17H20N2O. The number of aromatic nitrogens is 1.